The summed E-state index contributed by atoms with van der Waals surface area (Å²) in [5.41, 5.74) is 0.726. The van der Waals surface area contributed by atoms with E-state index in [1.54, 1.807) is 0 Å². The molecule has 1 aromatic rings. The highest BCUT2D eigenvalue weighted by Crippen LogP contribution is 2.55. The predicted octanol–water partition coefficient (Wildman–Crippen LogP) is 4.64. The van der Waals surface area contributed by atoms with Gasteiger partial charge in [0.05, 0.1) is 11.3 Å². The molecular formula is C24H34N2O2S. The topological polar surface area (TPSA) is 58.2 Å². The molecule has 4 bridgehead atoms. The van der Waals surface area contributed by atoms with Gasteiger partial charge < -0.3 is 10.6 Å². The van der Waals surface area contributed by atoms with E-state index in [1.165, 1.54) is 50.3 Å². The molecule has 4 saturated carbocycles. The largest absolute Gasteiger partial charge is 0.352 e. The lowest BCUT2D eigenvalue weighted by molar-refractivity contribution is -0.124. The summed E-state index contributed by atoms with van der Waals surface area (Å²) in [6.07, 6.45) is 8.61. The van der Waals surface area contributed by atoms with Gasteiger partial charge in [-0.3, -0.25) is 9.59 Å². The van der Waals surface area contributed by atoms with Gasteiger partial charge >= 0.3 is 0 Å². The molecular weight excluding hydrogens is 380 g/mol. The molecule has 158 valence electrons. The van der Waals surface area contributed by atoms with Gasteiger partial charge in [-0.2, -0.15) is 0 Å². The van der Waals surface area contributed by atoms with Crippen molar-refractivity contribution in [1.29, 1.82) is 0 Å². The van der Waals surface area contributed by atoms with Crippen LogP contribution in [-0.4, -0.2) is 29.7 Å². The minimum Gasteiger partial charge on any atom is -0.352 e. The van der Waals surface area contributed by atoms with Gasteiger partial charge in [0.2, 0.25) is 5.91 Å². The van der Waals surface area contributed by atoms with E-state index in [0.717, 1.165) is 29.1 Å². The van der Waals surface area contributed by atoms with Crippen LogP contribution in [0.2, 0.25) is 0 Å². The Balaban J connectivity index is 1.32. The molecule has 4 aliphatic rings. The number of amides is 2. The fraction of sp³-hybridized carbons (Fsp3) is 0.667. The first-order chi connectivity index (χ1) is 13.9. The van der Waals surface area contributed by atoms with E-state index in [4.69, 9.17) is 0 Å². The Bertz CT molecular complexity index is 726. The summed E-state index contributed by atoms with van der Waals surface area (Å²) in [7, 11) is 0. The summed E-state index contributed by atoms with van der Waals surface area (Å²) in [6, 6.07) is 7.62. The first-order valence-corrected chi connectivity index (χ1v) is 12.2. The summed E-state index contributed by atoms with van der Waals surface area (Å²) in [5, 5.41) is 6.44. The van der Waals surface area contributed by atoms with Gasteiger partial charge in [-0.1, -0.05) is 26.0 Å². The molecule has 0 saturated heterocycles. The number of hydrogen-bond donors (Lipinski definition) is 2. The molecule has 0 unspecified atom stereocenters. The molecule has 5 heteroatoms. The van der Waals surface area contributed by atoms with Crippen molar-refractivity contribution in [2.75, 3.05) is 12.3 Å². The second kappa shape index (κ2) is 8.71. The minimum atomic E-state index is -0.0461. The molecule has 2 amide bonds. The highest BCUT2D eigenvalue weighted by Gasteiger charge is 2.51. The molecule has 0 atom stereocenters. The summed E-state index contributed by atoms with van der Waals surface area (Å²) in [6.45, 7) is 4.98. The highest BCUT2D eigenvalue weighted by molar-refractivity contribution is 8.00. The van der Waals surface area contributed by atoms with Crippen LogP contribution in [0.3, 0.4) is 0 Å². The highest BCUT2D eigenvalue weighted by atomic mass is 32.2. The number of hydrogen-bond acceptors (Lipinski definition) is 3. The average Bonchev–Trinajstić information content (AvgIpc) is 2.64. The zero-order valence-corrected chi connectivity index (χ0v) is 18.5. The van der Waals surface area contributed by atoms with Crippen LogP contribution in [0.25, 0.3) is 0 Å². The SMILES string of the molecule is CC(C)CCNC(=O)c1ccccc1SCC(=O)NC12CC3CC(CC(C3)C1)C2. The lowest BCUT2D eigenvalue weighted by Crippen LogP contribution is -2.60. The van der Waals surface area contributed by atoms with E-state index in [-0.39, 0.29) is 17.4 Å². The monoisotopic (exact) mass is 414 g/mol. The van der Waals surface area contributed by atoms with Crippen molar-refractivity contribution in [3.05, 3.63) is 29.8 Å². The molecule has 0 radical (unpaired) electrons. The van der Waals surface area contributed by atoms with Crippen molar-refractivity contribution in [1.82, 2.24) is 10.6 Å². The second-order valence-electron chi connectivity index (χ2n) is 9.97. The molecule has 0 aliphatic heterocycles. The lowest BCUT2D eigenvalue weighted by atomic mass is 9.53. The van der Waals surface area contributed by atoms with E-state index in [1.807, 2.05) is 24.3 Å². The maximum atomic E-state index is 12.8. The fourth-order valence-electron chi connectivity index (χ4n) is 6.09. The lowest BCUT2D eigenvalue weighted by Gasteiger charge is -2.56. The maximum absolute atomic E-state index is 12.8. The van der Waals surface area contributed by atoms with Gasteiger partial charge in [0, 0.05) is 17.0 Å². The first kappa shape index (κ1) is 20.8. The van der Waals surface area contributed by atoms with Crippen molar-refractivity contribution in [2.45, 2.75) is 69.2 Å². The van der Waals surface area contributed by atoms with Crippen molar-refractivity contribution in [3.63, 3.8) is 0 Å². The Labute approximate surface area is 179 Å². The number of rotatable bonds is 8. The second-order valence-corrected chi connectivity index (χ2v) is 11.0. The third-order valence-corrected chi connectivity index (χ3v) is 8.01. The van der Waals surface area contributed by atoms with Crippen LogP contribution in [0.1, 0.15) is 69.2 Å². The summed E-state index contributed by atoms with van der Waals surface area (Å²) < 4.78 is 0. The van der Waals surface area contributed by atoms with Crippen LogP contribution < -0.4 is 10.6 Å². The first-order valence-electron chi connectivity index (χ1n) is 11.2. The zero-order valence-electron chi connectivity index (χ0n) is 17.7. The third-order valence-electron chi connectivity index (χ3n) is 6.94. The van der Waals surface area contributed by atoms with Gasteiger partial charge in [0.1, 0.15) is 0 Å². The molecule has 29 heavy (non-hydrogen) atoms. The number of nitrogens with one attached hydrogen (secondary N) is 2. The third kappa shape index (κ3) is 4.99. The van der Waals surface area contributed by atoms with Gasteiger partial charge in [0.25, 0.3) is 5.91 Å². The normalized spacial score (nSPS) is 29.8. The van der Waals surface area contributed by atoms with Gasteiger partial charge in [-0.15, -0.1) is 11.8 Å². The Morgan fingerprint density at radius 1 is 1.07 bits per heavy atom. The quantitative estimate of drug-likeness (QED) is 0.609. The van der Waals surface area contributed by atoms with Crippen LogP contribution in [0, 0.1) is 23.7 Å². The van der Waals surface area contributed by atoms with Crippen LogP contribution >= 0.6 is 11.8 Å². The molecule has 1 aromatic carbocycles. The number of carbonyl (C=O) groups excluding carboxylic acids is 2. The molecule has 0 spiro atoms. The Kier molecular flexibility index (Phi) is 6.24. The molecule has 0 heterocycles. The van der Waals surface area contributed by atoms with Gasteiger partial charge in [-0.25, -0.2) is 0 Å². The Hall–Kier alpha value is -1.49. The van der Waals surface area contributed by atoms with Crippen LogP contribution in [-0.2, 0) is 4.79 Å². The summed E-state index contributed by atoms with van der Waals surface area (Å²) >= 11 is 1.48. The van der Waals surface area contributed by atoms with Crippen molar-refractivity contribution >= 4 is 23.6 Å². The van der Waals surface area contributed by atoms with E-state index >= 15 is 0 Å². The Morgan fingerprint density at radius 2 is 1.69 bits per heavy atom. The van der Waals surface area contributed by atoms with Crippen LogP contribution in [0.4, 0.5) is 0 Å². The van der Waals surface area contributed by atoms with Gasteiger partial charge in [0.15, 0.2) is 0 Å². The van der Waals surface area contributed by atoms with Crippen molar-refractivity contribution in [2.24, 2.45) is 23.7 Å². The number of carbonyl (C=O) groups is 2. The number of benzene rings is 1. The standard InChI is InChI=1S/C24H34N2O2S/c1-16(2)7-8-25-23(28)20-5-3-4-6-21(20)29-15-22(27)26-24-12-17-9-18(13-24)11-19(10-17)14-24/h3-6,16-19H,7-15H2,1-2H3,(H,25,28)(H,26,27). The maximum Gasteiger partial charge on any atom is 0.252 e. The predicted molar refractivity (Wildman–Crippen MR) is 118 cm³/mol. The van der Waals surface area contributed by atoms with E-state index in [9.17, 15) is 9.59 Å². The van der Waals surface area contributed by atoms with Crippen LogP contribution in [0.5, 0.6) is 0 Å². The minimum absolute atomic E-state index is 0.0461. The van der Waals surface area contributed by atoms with Gasteiger partial charge in [-0.05, 0) is 80.8 Å². The molecule has 4 aliphatic carbocycles. The molecule has 5 rings (SSSR count). The van der Waals surface area contributed by atoms with Crippen LogP contribution in [0.15, 0.2) is 29.2 Å². The Morgan fingerprint density at radius 3 is 2.31 bits per heavy atom. The molecule has 4 fully saturated rings. The summed E-state index contributed by atoms with van der Waals surface area (Å²) in [4.78, 5) is 26.2. The summed E-state index contributed by atoms with van der Waals surface area (Å²) in [5.74, 6) is 3.48. The fourth-order valence-corrected chi connectivity index (χ4v) is 6.94. The number of thioether (sulfide) groups is 1. The smallest absolute Gasteiger partial charge is 0.252 e. The molecule has 0 aromatic heterocycles. The molecule has 2 N–H and O–H groups in total. The van der Waals surface area contributed by atoms with Crippen molar-refractivity contribution < 1.29 is 9.59 Å². The average molecular weight is 415 g/mol. The zero-order chi connectivity index (χ0) is 20.4. The van der Waals surface area contributed by atoms with E-state index in [2.05, 4.69) is 24.5 Å². The van der Waals surface area contributed by atoms with Crippen molar-refractivity contribution in [3.8, 4) is 0 Å². The van der Waals surface area contributed by atoms with E-state index < -0.39 is 0 Å². The van der Waals surface area contributed by atoms with E-state index in [0.29, 0.717) is 23.8 Å². The molecule has 4 nitrogen and oxygen atoms in total.